The Morgan fingerprint density at radius 2 is 1.72 bits per heavy atom. The van der Waals surface area contributed by atoms with Gasteiger partial charge in [-0.05, 0) is 61.4 Å². The predicted octanol–water partition coefficient (Wildman–Crippen LogP) is 3.88. The van der Waals surface area contributed by atoms with Gasteiger partial charge in [0.05, 0.1) is 18.4 Å². The number of hydrogen-bond donors (Lipinski definition) is 0. The first-order valence-electron chi connectivity index (χ1n) is 9.33. The third-order valence-electron chi connectivity index (χ3n) is 4.92. The van der Waals surface area contributed by atoms with E-state index in [0.29, 0.717) is 11.4 Å². The van der Waals surface area contributed by atoms with Crippen molar-refractivity contribution in [1.82, 2.24) is 0 Å². The maximum atomic E-state index is 13.3. The summed E-state index contributed by atoms with van der Waals surface area (Å²) in [6, 6.07) is 16.7. The van der Waals surface area contributed by atoms with Crippen LogP contribution in [0.15, 0.2) is 71.3 Å². The Morgan fingerprint density at radius 1 is 1.00 bits per heavy atom. The van der Waals surface area contributed by atoms with Gasteiger partial charge in [0.1, 0.15) is 6.04 Å². The Kier molecular flexibility index (Phi) is 4.76. The van der Waals surface area contributed by atoms with Gasteiger partial charge in [-0.25, -0.2) is 4.90 Å². The van der Waals surface area contributed by atoms with Crippen LogP contribution in [0.5, 0.6) is 0 Å². The summed E-state index contributed by atoms with van der Waals surface area (Å²) in [5, 5.41) is 0. The third-order valence-corrected chi connectivity index (χ3v) is 4.92. The zero-order valence-electron chi connectivity index (χ0n) is 16.2. The Bertz CT molecular complexity index is 1090. The second kappa shape index (κ2) is 7.39. The summed E-state index contributed by atoms with van der Waals surface area (Å²) in [6.45, 7) is 3.80. The lowest BCUT2D eigenvalue weighted by molar-refractivity contribution is -0.121. The molecule has 29 heavy (non-hydrogen) atoms. The summed E-state index contributed by atoms with van der Waals surface area (Å²) in [5.41, 5.74) is 2.93. The monoisotopic (exact) mass is 388 g/mol. The molecule has 0 N–H and O–H groups in total. The first kappa shape index (κ1) is 18.7. The van der Waals surface area contributed by atoms with E-state index in [1.54, 1.807) is 36.4 Å². The molecule has 1 fully saturated rings. The standard InChI is InChI=1S/C23H20N2O4/c1-15-6-3-8-17(12-15)24(23(28)20-10-5-11-29-20)19-14-21(26)25(22(19)27)18-9-4-7-16(2)13-18/h3-13,19H,14H2,1-2H3/t19-/m1/s1. The van der Waals surface area contributed by atoms with Crippen molar-refractivity contribution < 1.29 is 18.8 Å². The van der Waals surface area contributed by atoms with Crippen LogP contribution in [0.1, 0.15) is 28.1 Å². The molecular formula is C23H20N2O4. The van der Waals surface area contributed by atoms with E-state index in [4.69, 9.17) is 4.42 Å². The molecule has 146 valence electrons. The largest absolute Gasteiger partial charge is 0.459 e. The van der Waals surface area contributed by atoms with Crippen molar-refractivity contribution in [1.29, 1.82) is 0 Å². The van der Waals surface area contributed by atoms with E-state index in [1.165, 1.54) is 11.2 Å². The summed E-state index contributed by atoms with van der Waals surface area (Å²) in [5.74, 6) is -1.11. The molecule has 2 aromatic carbocycles. The quantitative estimate of drug-likeness (QED) is 0.636. The van der Waals surface area contributed by atoms with Crippen LogP contribution in [-0.2, 0) is 9.59 Å². The molecule has 6 nitrogen and oxygen atoms in total. The number of anilines is 2. The maximum absolute atomic E-state index is 13.3. The van der Waals surface area contributed by atoms with E-state index >= 15 is 0 Å². The first-order valence-corrected chi connectivity index (χ1v) is 9.33. The lowest BCUT2D eigenvalue weighted by Gasteiger charge is -2.27. The number of aryl methyl sites for hydroxylation is 2. The maximum Gasteiger partial charge on any atom is 0.294 e. The van der Waals surface area contributed by atoms with Crippen LogP contribution in [0.4, 0.5) is 11.4 Å². The van der Waals surface area contributed by atoms with E-state index in [1.807, 2.05) is 38.1 Å². The summed E-state index contributed by atoms with van der Waals surface area (Å²) >= 11 is 0. The van der Waals surface area contributed by atoms with E-state index in [0.717, 1.165) is 16.0 Å². The molecule has 4 rings (SSSR count). The first-order chi connectivity index (χ1) is 14.0. The van der Waals surface area contributed by atoms with Crippen LogP contribution in [0.2, 0.25) is 0 Å². The molecule has 0 unspecified atom stereocenters. The zero-order chi connectivity index (χ0) is 20.5. The molecule has 6 heteroatoms. The average Bonchev–Trinajstić information content (AvgIpc) is 3.31. The second-order valence-corrected chi connectivity index (χ2v) is 7.12. The fourth-order valence-electron chi connectivity index (χ4n) is 3.59. The molecule has 0 bridgehead atoms. The summed E-state index contributed by atoms with van der Waals surface area (Å²) in [4.78, 5) is 41.8. The summed E-state index contributed by atoms with van der Waals surface area (Å²) < 4.78 is 5.28. The van der Waals surface area contributed by atoms with Gasteiger partial charge in [-0.3, -0.25) is 19.3 Å². The Labute approximate surface area is 168 Å². The molecule has 0 saturated carbocycles. The molecule has 3 amide bonds. The van der Waals surface area contributed by atoms with E-state index in [2.05, 4.69) is 0 Å². The molecule has 1 saturated heterocycles. The molecule has 0 spiro atoms. The van der Waals surface area contributed by atoms with Crippen LogP contribution < -0.4 is 9.80 Å². The highest BCUT2D eigenvalue weighted by molar-refractivity contribution is 6.25. The van der Waals surface area contributed by atoms with Gasteiger partial charge in [0.15, 0.2) is 5.76 Å². The van der Waals surface area contributed by atoms with Gasteiger partial charge in [0, 0.05) is 5.69 Å². The van der Waals surface area contributed by atoms with Gasteiger partial charge in [0.25, 0.3) is 11.8 Å². The van der Waals surface area contributed by atoms with Crippen LogP contribution in [0.25, 0.3) is 0 Å². The minimum atomic E-state index is -0.942. The van der Waals surface area contributed by atoms with E-state index in [-0.39, 0.29) is 18.1 Å². The Morgan fingerprint density at radius 3 is 2.38 bits per heavy atom. The number of furan rings is 1. The van der Waals surface area contributed by atoms with Crippen molar-refractivity contribution in [2.24, 2.45) is 0 Å². The number of nitrogens with zero attached hydrogens (tertiary/aromatic N) is 2. The minimum absolute atomic E-state index is 0.0901. The number of carbonyl (C=O) groups excluding carboxylic acids is 3. The van der Waals surface area contributed by atoms with Gasteiger partial charge < -0.3 is 4.42 Å². The molecule has 1 aromatic heterocycles. The van der Waals surface area contributed by atoms with Crippen molar-refractivity contribution in [2.45, 2.75) is 26.3 Å². The highest BCUT2D eigenvalue weighted by Crippen LogP contribution is 2.31. The fraction of sp³-hybridized carbons (Fsp3) is 0.174. The second-order valence-electron chi connectivity index (χ2n) is 7.12. The fourth-order valence-corrected chi connectivity index (χ4v) is 3.59. The van der Waals surface area contributed by atoms with Crippen molar-refractivity contribution in [3.63, 3.8) is 0 Å². The highest BCUT2D eigenvalue weighted by atomic mass is 16.3. The van der Waals surface area contributed by atoms with Gasteiger partial charge in [-0.2, -0.15) is 0 Å². The smallest absolute Gasteiger partial charge is 0.294 e. The topological polar surface area (TPSA) is 70.8 Å². The lowest BCUT2D eigenvalue weighted by Crippen LogP contribution is -2.45. The van der Waals surface area contributed by atoms with E-state index in [9.17, 15) is 14.4 Å². The average molecular weight is 388 g/mol. The van der Waals surface area contributed by atoms with Crippen molar-refractivity contribution in [3.05, 3.63) is 83.8 Å². The molecule has 2 heterocycles. The molecule has 3 aromatic rings. The normalized spacial score (nSPS) is 16.3. The highest BCUT2D eigenvalue weighted by Gasteiger charge is 2.45. The number of hydrogen-bond acceptors (Lipinski definition) is 4. The Hall–Kier alpha value is -3.67. The predicted molar refractivity (Wildman–Crippen MR) is 109 cm³/mol. The van der Waals surface area contributed by atoms with Crippen molar-refractivity contribution in [3.8, 4) is 0 Å². The number of carbonyl (C=O) groups is 3. The number of rotatable bonds is 4. The zero-order valence-corrected chi connectivity index (χ0v) is 16.2. The van der Waals surface area contributed by atoms with Gasteiger partial charge in [-0.15, -0.1) is 0 Å². The molecule has 1 aliphatic heterocycles. The number of benzene rings is 2. The molecule has 0 radical (unpaired) electrons. The van der Waals surface area contributed by atoms with Crippen LogP contribution in [0.3, 0.4) is 0 Å². The molecule has 1 atom stereocenters. The molecule has 0 aliphatic carbocycles. The van der Waals surface area contributed by atoms with Crippen LogP contribution in [-0.4, -0.2) is 23.8 Å². The number of amides is 3. The summed E-state index contributed by atoms with van der Waals surface area (Å²) in [7, 11) is 0. The SMILES string of the molecule is Cc1cccc(N2C(=O)C[C@@H](N(C(=O)c3ccco3)c3cccc(C)c3)C2=O)c1. The molecule has 1 aliphatic rings. The lowest BCUT2D eigenvalue weighted by atomic mass is 10.1. The Balaban J connectivity index is 1.76. The van der Waals surface area contributed by atoms with E-state index < -0.39 is 17.9 Å². The van der Waals surface area contributed by atoms with Crippen molar-refractivity contribution in [2.75, 3.05) is 9.80 Å². The van der Waals surface area contributed by atoms with Crippen molar-refractivity contribution >= 4 is 29.1 Å². The van der Waals surface area contributed by atoms with Gasteiger partial charge in [-0.1, -0.05) is 24.3 Å². The van der Waals surface area contributed by atoms with Crippen LogP contribution >= 0.6 is 0 Å². The van der Waals surface area contributed by atoms with Gasteiger partial charge >= 0.3 is 0 Å². The van der Waals surface area contributed by atoms with Gasteiger partial charge in [0.2, 0.25) is 5.91 Å². The number of imide groups is 1. The molecular weight excluding hydrogens is 368 g/mol. The summed E-state index contributed by atoms with van der Waals surface area (Å²) in [6.07, 6.45) is 1.31. The minimum Gasteiger partial charge on any atom is -0.459 e. The third kappa shape index (κ3) is 3.45. The van der Waals surface area contributed by atoms with Crippen LogP contribution in [0, 0.1) is 13.8 Å².